The summed E-state index contributed by atoms with van der Waals surface area (Å²) in [4.78, 5) is 25.9. The lowest BCUT2D eigenvalue weighted by Gasteiger charge is -2.13. The van der Waals surface area contributed by atoms with Crippen LogP contribution in [0.2, 0.25) is 0 Å². The Morgan fingerprint density at radius 1 is 1.10 bits per heavy atom. The molecule has 8 nitrogen and oxygen atoms in total. The highest BCUT2D eigenvalue weighted by molar-refractivity contribution is 5.92. The van der Waals surface area contributed by atoms with Crippen LogP contribution in [0, 0.1) is 0 Å². The first kappa shape index (κ1) is 20.5. The van der Waals surface area contributed by atoms with Crippen molar-refractivity contribution >= 4 is 5.91 Å². The minimum atomic E-state index is -0.264. The van der Waals surface area contributed by atoms with E-state index in [1.54, 1.807) is 29.4 Å². The number of hydrogen-bond donors (Lipinski definition) is 1. The highest BCUT2D eigenvalue weighted by Gasteiger charge is 2.23. The van der Waals surface area contributed by atoms with Crippen molar-refractivity contribution in [1.29, 1.82) is 0 Å². The van der Waals surface area contributed by atoms with E-state index in [-0.39, 0.29) is 17.4 Å². The summed E-state index contributed by atoms with van der Waals surface area (Å²) in [5.74, 6) is 1.26. The van der Waals surface area contributed by atoms with Crippen LogP contribution < -0.4 is 5.32 Å². The molecule has 1 atom stereocenters. The fourth-order valence-electron chi connectivity index (χ4n) is 3.06. The summed E-state index contributed by atoms with van der Waals surface area (Å²) in [6.07, 6.45) is 4.85. The van der Waals surface area contributed by atoms with E-state index >= 15 is 0 Å². The summed E-state index contributed by atoms with van der Waals surface area (Å²) in [6, 6.07) is 13.3. The smallest absolute Gasteiger partial charge is 0.271 e. The number of aromatic nitrogens is 5. The van der Waals surface area contributed by atoms with Gasteiger partial charge in [0.1, 0.15) is 12.0 Å². The average Bonchev–Trinajstić information content (AvgIpc) is 3.44. The van der Waals surface area contributed by atoms with Crippen molar-refractivity contribution in [2.75, 3.05) is 0 Å². The van der Waals surface area contributed by atoms with Gasteiger partial charge in [-0.2, -0.15) is 4.98 Å². The fraction of sp³-hybridized carbons (Fsp3) is 0.261. The molecule has 0 radical (unpaired) electrons. The highest BCUT2D eigenvalue weighted by atomic mass is 16.5. The second-order valence-corrected chi connectivity index (χ2v) is 8.32. The number of nitrogens with zero attached hydrogens (tertiary/aromatic N) is 5. The zero-order valence-corrected chi connectivity index (χ0v) is 17.9. The van der Waals surface area contributed by atoms with E-state index in [4.69, 9.17) is 4.52 Å². The Balaban J connectivity index is 1.58. The van der Waals surface area contributed by atoms with Crippen LogP contribution in [0.5, 0.6) is 0 Å². The summed E-state index contributed by atoms with van der Waals surface area (Å²) in [7, 11) is 0. The molecule has 1 N–H and O–H groups in total. The minimum absolute atomic E-state index is 0.140. The number of carbonyl (C=O) groups excluding carboxylic acids is 1. The first-order valence-electron chi connectivity index (χ1n) is 10.0. The zero-order chi connectivity index (χ0) is 22.0. The number of hydrogen-bond acceptors (Lipinski definition) is 6. The van der Waals surface area contributed by atoms with Crippen LogP contribution in [-0.4, -0.2) is 30.6 Å². The third-order valence-corrected chi connectivity index (χ3v) is 4.82. The predicted molar refractivity (Wildman–Crippen MR) is 116 cm³/mol. The van der Waals surface area contributed by atoms with Gasteiger partial charge < -0.3 is 9.84 Å². The van der Waals surface area contributed by atoms with Crippen molar-refractivity contribution < 1.29 is 9.32 Å². The maximum atomic E-state index is 12.7. The molecule has 0 saturated heterocycles. The highest BCUT2D eigenvalue weighted by Crippen LogP contribution is 2.27. The lowest BCUT2D eigenvalue weighted by atomic mass is 9.96. The Bertz CT molecular complexity index is 1190. The molecule has 0 spiro atoms. The van der Waals surface area contributed by atoms with Gasteiger partial charge in [-0.05, 0) is 24.6 Å². The lowest BCUT2D eigenvalue weighted by molar-refractivity contribution is 0.0935. The van der Waals surface area contributed by atoms with Crippen molar-refractivity contribution in [3.63, 3.8) is 0 Å². The zero-order valence-electron chi connectivity index (χ0n) is 17.9. The Morgan fingerprint density at radius 3 is 2.58 bits per heavy atom. The maximum Gasteiger partial charge on any atom is 0.271 e. The molecule has 31 heavy (non-hydrogen) atoms. The van der Waals surface area contributed by atoms with Gasteiger partial charge in [-0.15, -0.1) is 0 Å². The molecule has 0 bridgehead atoms. The van der Waals surface area contributed by atoms with Crippen molar-refractivity contribution in [1.82, 2.24) is 30.0 Å². The Morgan fingerprint density at radius 2 is 1.87 bits per heavy atom. The van der Waals surface area contributed by atoms with Crippen LogP contribution in [0.3, 0.4) is 0 Å². The van der Waals surface area contributed by atoms with Crippen LogP contribution in [0.4, 0.5) is 0 Å². The first-order valence-corrected chi connectivity index (χ1v) is 10.0. The molecule has 1 amide bonds. The van der Waals surface area contributed by atoms with Crippen LogP contribution in [0.15, 0.2) is 65.7 Å². The Labute approximate surface area is 180 Å². The normalized spacial score (nSPS) is 12.5. The van der Waals surface area contributed by atoms with Gasteiger partial charge in [0.2, 0.25) is 0 Å². The molecule has 0 saturated carbocycles. The third kappa shape index (κ3) is 4.37. The molecule has 3 heterocycles. The van der Waals surface area contributed by atoms with Gasteiger partial charge in [0.25, 0.3) is 11.8 Å². The molecule has 0 unspecified atom stereocenters. The first-order chi connectivity index (χ1) is 14.8. The van der Waals surface area contributed by atoms with Gasteiger partial charge in [-0.3, -0.25) is 9.36 Å². The Kier molecular flexibility index (Phi) is 5.37. The van der Waals surface area contributed by atoms with E-state index in [2.05, 4.69) is 25.4 Å². The molecular weight excluding hydrogens is 392 g/mol. The topological polar surface area (TPSA) is 98.7 Å². The second-order valence-electron chi connectivity index (χ2n) is 8.32. The van der Waals surface area contributed by atoms with Gasteiger partial charge in [0.05, 0.1) is 11.6 Å². The van der Waals surface area contributed by atoms with Crippen molar-refractivity contribution in [3.8, 4) is 17.3 Å². The van der Waals surface area contributed by atoms with Crippen LogP contribution >= 0.6 is 0 Å². The number of carbonyl (C=O) groups is 1. The van der Waals surface area contributed by atoms with Gasteiger partial charge in [0.15, 0.2) is 11.6 Å². The number of imidazole rings is 1. The Hall–Kier alpha value is -3.81. The number of nitrogens with one attached hydrogen (secondary N) is 1. The largest absolute Gasteiger partial charge is 0.344 e. The van der Waals surface area contributed by atoms with E-state index in [1.807, 2.05) is 64.1 Å². The van der Waals surface area contributed by atoms with Crippen molar-refractivity contribution in [3.05, 3.63) is 78.3 Å². The fourth-order valence-corrected chi connectivity index (χ4v) is 3.06. The monoisotopic (exact) mass is 416 g/mol. The molecule has 1 aromatic carbocycles. The minimum Gasteiger partial charge on any atom is -0.344 e. The van der Waals surface area contributed by atoms with Crippen LogP contribution in [-0.2, 0) is 5.41 Å². The van der Waals surface area contributed by atoms with Gasteiger partial charge in [-0.1, -0.05) is 56.3 Å². The van der Waals surface area contributed by atoms with Gasteiger partial charge >= 0.3 is 0 Å². The third-order valence-electron chi connectivity index (χ3n) is 4.82. The summed E-state index contributed by atoms with van der Waals surface area (Å²) in [6.45, 7) is 7.98. The molecule has 4 rings (SSSR count). The number of pyridine rings is 1. The van der Waals surface area contributed by atoms with Crippen molar-refractivity contribution in [2.45, 2.75) is 39.2 Å². The molecule has 8 heteroatoms. The van der Waals surface area contributed by atoms with E-state index in [0.29, 0.717) is 28.8 Å². The van der Waals surface area contributed by atoms with Crippen LogP contribution in [0.1, 0.15) is 55.6 Å². The van der Waals surface area contributed by atoms with Crippen molar-refractivity contribution in [2.24, 2.45) is 0 Å². The quantitative estimate of drug-likeness (QED) is 0.526. The number of benzene rings is 1. The molecule has 0 fully saturated rings. The van der Waals surface area contributed by atoms with Gasteiger partial charge in [0, 0.05) is 17.8 Å². The predicted octanol–water partition coefficient (Wildman–Crippen LogP) is 4.11. The SMILES string of the molecule is C[C@H](NC(=O)c1cn(-c2ncccc2-c2nc(C(C)(C)C)no2)cn1)c1ccccc1. The van der Waals surface area contributed by atoms with E-state index in [0.717, 1.165) is 5.56 Å². The second kappa shape index (κ2) is 8.14. The molecule has 158 valence electrons. The summed E-state index contributed by atoms with van der Waals surface area (Å²) in [5, 5.41) is 7.06. The molecule has 0 aliphatic rings. The summed E-state index contributed by atoms with van der Waals surface area (Å²) >= 11 is 0. The number of amides is 1. The molecule has 0 aliphatic heterocycles. The van der Waals surface area contributed by atoms with E-state index in [9.17, 15) is 4.79 Å². The summed E-state index contributed by atoms with van der Waals surface area (Å²) < 4.78 is 7.16. The molecule has 4 aromatic rings. The molecule has 0 aliphatic carbocycles. The summed E-state index contributed by atoms with van der Waals surface area (Å²) in [5.41, 5.74) is 1.74. The average molecular weight is 416 g/mol. The van der Waals surface area contributed by atoms with E-state index in [1.165, 1.54) is 0 Å². The maximum absolute atomic E-state index is 12.7. The molecule has 3 aromatic heterocycles. The number of rotatable bonds is 5. The standard InChI is InChI=1S/C23H24N6O2/c1-15(16-9-6-5-7-10-16)26-20(30)18-13-29(14-25-18)19-17(11-8-12-24-19)21-27-22(28-31-21)23(2,3)4/h5-15H,1-4H3,(H,26,30)/t15-/m0/s1. The van der Waals surface area contributed by atoms with Crippen LogP contribution in [0.25, 0.3) is 17.3 Å². The molecular formula is C23H24N6O2. The lowest BCUT2D eigenvalue weighted by Crippen LogP contribution is -2.26. The van der Waals surface area contributed by atoms with Gasteiger partial charge in [-0.25, -0.2) is 9.97 Å². The van der Waals surface area contributed by atoms with E-state index < -0.39 is 0 Å².